The molecule has 0 aromatic heterocycles. The van der Waals surface area contributed by atoms with Gasteiger partial charge in [0.15, 0.2) is 0 Å². The summed E-state index contributed by atoms with van der Waals surface area (Å²) in [5.74, 6) is 0. The van der Waals surface area contributed by atoms with E-state index in [0.717, 1.165) is 0 Å². The van der Waals surface area contributed by atoms with E-state index in [2.05, 4.69) is 0 Å². The van der Waals surface area contributed by atoms with Gasteiger partial charge in [0.2, 0.25) is 0 Å². The Labute approximate surface area is 140 Å². The molecule has 0 aliphatic carbocycles. The molecule has 0 bridgehead atoms. The molecule has 0 atom stereocenters. The Morgan fingerprint density at radius 2 is 0.913 bits per heavy atom. The second-order valence-electron chi connectivity index (χ2n) is 4.53. The Morgan fingerprint density at radius 1 is 0.652 bits per heavy atom. The van der Waals surface area contributed by atoms with Crippen molar-refractivity contribution >= 4 is 25.2 Å². The summed E-state index contributed by atoms with van der Waals surface area (Å²) in [5, 5.41) is 0. The molecule has 0 amide bonds. The molecule has 0 spiro atoms. The zero-order chi connectivity index (χ0) is 18.0. The first-order valence-corrected chi connectivity index (χ1v) is 12.8. The van der Waals surface area contributed by atoms with Gasteiger partial charge in [-0.1, -0.05) is 0 Å². The Balaban J connectivity index is 4.32. The predicted molar refractivity (Wildman–Crippen MR) is 88.6 cm³/mol. The van der Waals surface area contributed by atoms with Gasteiger partial charge in [-0.15, -0.1) is 0 Å². The highest BCUT2D eigenvalue weighted by Crippen LogP contribution is 2.44. The van der Waals surface area contributed by atoms with E-state index in [4.69, 9.17) is 35.6 Å². The fourth-order valence-electron chi connectivity index (χ4n) is 1.82. The summed E-state index contributed by atoms with van der Waals surface area (Å²) >= 11 is 0. The van der Waals surface area contributed by atoms with Crippen molar-refractivity contribution in [1.29, 1.82) is 0 Å². The molecule has 0 radical (unpaired) electrons. The van der Waals surface area contributed by atoms with Crippen molar-refractivity contribution in [2.24, 2.45) is 0 Å². The van der Waals surface area contributed by atoms with Crippen LogP contribution in [0.4, 0.5) is 0 Å². The number of rotatable bonds is 14. The van der Waals surface area contributed by atoms with Crippen LogP contribution in [0, 0.1) is 0 Å². The molecule has 0 aromatic rings. The summed E-state index contributed by atoms with van der Waals surface area (Å²) in [6, 6.07) is 0.731. The Kier molecular flexibility index (Phi) is 11.2. The van der Waals surface area contributed by atoms with Crippen LogP contribution < -0.4 is 0 Å². The molecule has 0 aromatic carbocycles. The molecule has 0 aliphatic heterocycles. The molecular weight excluding hydrogens is 363 g/mol. The molecule has 0 heterocycles. The van der Waals surface area contributed by atoms with Crippen molar-refractivity contribution in [3.05, 3.63) is 0 Å². The fraction of sp³-hybridized carbons (Fsp3) is 1.00. The van der Waals surface area contributed by atoms with Crippen LogP contribution in [0.1, 0.15) is 0 Å². The normalized spacial score (nSPS) is 13.5. The maximum absolute atomic E-state index is 12.3. The Bertz CT molecular complexity index is 317. The summed E-state index contributed by atoms with van der Waals surface area (Å²) in [6.45, 7) is 1.67. The monoisotopic (exact) mass is 392 g/mol. The molecule has 0 saturated heterocycles. The van der Waals surface area contributed by atoms with Crippen molar-refractivity contribution in [3.8, 4) is 0 Å². The number of hydrogen-bond acceptors (Lipinski definition) is 9. The topological polar surface area (TPSA) is 90.9 Å². The molecule has 0 N–H and O–H groups in total. The number of hydrogen-bond donors (Lipinski definition) is 0. The van der Waals surface area contributed by atoms with Gasteiger partial charge in [-0.05, 0) is 0 Å². The Morgan fingerprint density at radius 3 is 1.13 bits per heavy atom. The third-order valence-corrected chi connectivity index (χ3v) is 10.0. The van der Waals surface area contributed by atoms with E-state index < -0.39 is 25.2 Å². The van der Waals surface area contributed by atoms with E-state index in [1.807, 2.05) is 0 Å². The molecule has 0 saturated carbocycles. The average molecular weight is 392 g/mol. The third kappa shape index (κ3) is 7.84. The second kappa shape index (κ2) is 11.1. The van der Waals surface area contributed by atoms with Crippen molar-refractivity contribution in [3.63, 3.8) is 0 Å². The average Bonchev–Trinajstić information content (AvgIpc) is 2.56. The minimum atomic E-state index is -3.22. The van der Waals surface area contributed by atoms with E-state index in [9.17, 15) is 4.57 Å². The molecule has 0 aliphatic rings. The van der Waals surface area contributed by atoms with Gasteiger partial charge < -0.3 is 35.6 Å². The van der Waals surface area contributed by atoms with E-state index in [0.29, 0.717) is 12.1 Å². The Hall–Kier alpha value is 0.344. The van der Waals surface area contributed by atoms with E-state index in [1.165, 1.54) is 49.3 Å². The van der Waals surface area contributed by atoms with Gasteiger partial charge in [0, 0.05) is 61.4 Å². The lowest BCUT2D eigenvalue weighted by Crippen LogP contribution is -2.43. The first-order chi connectivity index (χ1) is 10.8. The van der Waals surface area contributed by atoms with Crippen LogP contribution in [-0.2, 0) is 40.2 Å². The maximum atomic E-state index is 12.3. The summed E-state index contributed by atoms with van der Waals surface area (Å²) in [6.07, 6.45) is 0. The highest BCUT2D eigenvalue weighted by molar-refractivity contribution is 7.52. The van der Waals surface area contributed by atoms with Crippen LogP contribution in [0.3, 0.4) is 0 Å². The van der Waals surface area contributed by atoms with Gasteiger partial charge >= 0.3 is 25.2 Å². The van der Waals surface area contributed by atoms with Crippen LogP contribution in [-0.4, -0.2) is 80.1 Å². The lowest BCUT2D eigenvalue weighted by atomic mass is 10.9. The highest BCUT2D eigenvalue weighted by atomic mass is 31.2. The quantitative estimate of drug-likeness (QED) is 0.323. The molecule has 0 unspecified atom stereocenters. The minimum Gasteiger partial charge on any atom is -0.377 e. The first kappa shape index (κ1) is 23.3. The largest absolute Gasteiger partial charge is 0.502 e. The molecule has 140 valence electrons. The van der Waals surface area contributed by atoms with E-state index >= 15 is 0 Å². The summed E-state index contributed by atoms with van der Waals surface area (Å²) < 4.78 is 54.5. The molecule has 9 nitrogen and oxygen atoms in total. The molecular formula is C11H29O9PSi2. The standard InChI is InChI=1S/C11H29O9PSi2/c1-13-22(14-2,15-3)10-8-19-21(7,12)20-9-11-23(16-4,17-5)18-6/h8-11H2,1-7H3. The fourth-order valence-corrected chi connectivity index (χ4v) is 6.02. The van der Waals surface area contributed by atoms with E-state index in [1.54, 1.807) is 0 Å². The summed E-state index contributed by atoms with van der Waals surface area (Å²) in [5.41, 5.74) is 0. The maximum Gasteiger partial charge on any atom is 0.502 e. The summed E-state index contributed by atoms with van der Waals surface area (Å²) in [4.78, 5) is 0. The molecule has 23 heavy (non-hydrogen) atoms. The lowest BCUT2D eigenvalue weighted by molar-refractivity contribution is 0.112. The SMILES string of the molecule is CO[Si](CCOP(C)(=O)OCC[Si](OC)(OC)OC)(OC)OC. The van der Waals surface area contributed by atoms with Gasteiger partial charge in [-0.2, -0.15) is 0 Å². The van der Waals surface area contributed by atoms with Crippen molar-refractivity contribution in [2.75, 3.05) is 62.5 Å². The second-order valence-corrected chi connectivity index (χ2v) is 12.8. The van der Waals surface area contributed by atoms with Crippen molar-refractivity contribution in [2.45, 2.75) is 12.1 Å². The summed E-state index contributed by atoms with van der Waals surface area (Å²) in [7, 11) is 0.317. The van der Waals surface area contributed by atoms with Gasteiger partial charge in [0.25, 0.3) is 0 Å². The van der Waals surface area contributed by atoms with E-state index in [-0.39, 0.29) is 13.2 Å². The zero-order valence-corrected chi connectivity index (χ0v) is 17.8. The minimum absolute atomic E-state index is 0.136. The third-order valence-electron chi connectivity index (χ3n) is 3.33. The van der Waals surface area contributed by atoms with Gasteiger partial charge in [-0.25, -0.2) is 0 Å². The van der Waals surface area contributed by atoms with Gasteiger partial charge in [0.1, 0.15) is 0 Å². The van der Waals surface area contributed by atoms with Crippen molar-refractivity contribution < 1.29 is 40.2 Å². The predicted octanol–water partition coefficient (Wildman–Crippen LogP) is 1.60. The van der Waals surface area contributed by atoms with Crippen LogP contribution >= 0.6 is 7.60 Å². The highest BCUT2D eigenvalue weighted by Gasteiger charge is 2.39. The van der Waals surface area contributed by atoms with Crippen LogP contribution in [0.2, 0.25) is 12.1 Å². The first-order valence-electron chi connectivity index (χ1n) is 6.95. The van der Waals surface area contributed by atoms with Crippen LogP contribution in [0.5, 0.6) is 0 Å². The molecule has 0 rings (SSSR count). The van der Waals surface area contributed by atoms with Crippen LogP contribution in [0.15, 0.2) is 0 Å². The zero-order valence-electron chi connectivity index (χ0n) is 14.9. The molecule has 12 heteroatoms. The molecule has 0 fully saturated rings. The van der Waals surface area contributed by atoms with Gasteiger partial charge in [-0.3, -0.25) is 4.57 Å². The van der Waals surface area contributed by atoms with Crippen LogP contribution in [0.25, 0.3) is 0 Å². The van der Waals surface area contributed by atoms with Gasteiger partial charge in [0.05, 0.1) is 13.2 Å². The lowest BCUT2D eigenvalue weighted by Gasteiger charge is -2.26. The van der Waals surface area contributed by atoms with Crippen molar-refractivity contribution in [1.82, 2.24) is 0 Å². The smallest absolute Gasteiger partial charge is 0.377 e.